The third-order valence-corrected chi connectivity index (χ3v) is 5.24. The van der Waals surface area contributed by atoms with Gasteiger partial charge in [0.2, 0.25) is 5.89 Å². The molecule has 1 aliphatic rings. The molecule has 9 heteroatoms. The fraction of sp³-hybridized carbons (Fsp3) is 0.182. The van der Waals surface area contributed by atoms with Crippen molar-refractivity contribution >= 4 is 22.6 Å². The molecule has 31 heavy (non-hydrogen) atoms. The molecule has 2 aromatic heterocycles. The number of fused-ring (bicyclic) bond motifs is 2. The van der Waals surface area contributed by atoms with E-state index < -0.39 is 10.9 Å². The zero-order valence-electron chi connectivity index (χ0n) is 16.3. The van der Waals surface area contributed by atoms with Crippen LogP contribution in [-0.4, -0.2) is 26.1 Å². The predicted molar refractivity (Wildman–Crippen MR) is 109 cm³/mol. The molecule has 1 aliphatic carbocycles. The van der Waals surface area contributed by atoms with Gasteiger partial charge >= 0.3 is 5.97 Å². The van der Waals surface area contributed by atoms with E-state index in [4.69, 9.17) is 9.15 Å². The molecule has 0 amide bonds. The molecule has 5 rings (SSSR count). The van der Waals surface area contributed by atoms with Crippen molar-refractivity contribution in [3.05, 3.63) is 81.4 Å². The number of nitro groups is 1. The molecular weight excluding hydrogens is 400 g/mol. The van der Waals surface area contributed by atoms with E-state index in [0.29, 0.717) is 11.1 Å². The van der Waals surface area contributed by atoms with Crippen LogP contribution in [0.15, 0.2) is 52.9 Å². The van der Waals surface area contributed by atoms with Gasteiger partial charge in [0.15, 0.2) is 6.61 Å². The monoisotopic (exact) mass is 416 g/mol. The number of ether oxygens (including phenoxy) is 1. The van der Waals surface area contributed by atoms with Crippen molar-refractivity contribution in [1.82, 2.24) is 15.2 Å². The highest BCUT2D eigenvalue weighted by molar-refractivity contribution is 6.05. The molecule has 2 aromatic carbocycles. The van der Waals surface area contributed by atoms with Crippen LogP contribution in [0.5, 0.6) is 0 Å². The first-order chi connectivity index (χ1) is 15.1. The van der Waals surface area contributed by atoms with Gasteiger partial charge in [-0.15, -0.1) is 10.2 Å². The number of hydrogen-bond acceptors (Lipinski definition) is 8. The number of hydrogen-bond donors (Lipinski definition) is 0. The van der Waals surface area contributed by atoms with Crippen molar-refractivity contribution in [1.29, 1.82) is 0 Å². The summed E-state index contributed by atoms with van der Waals surface area (Å²) in [4.78, 5) is 27.9. The first-order valence-electron chi connectivity index (χ1n) is 9.75. The number of non-ortho nitro benzene ring substituents is 1. The Morgan fingerprint density at radius 1 is 1.10 bits per heavy atom. The topological polar surface area (TPSA) is 121 Å². The van der Waals surface area contributed by atoms with E-state index in [1.807, 2.05) is 24.3 Å². The summed E-state index contributed by atoms with van der Waals surface area (Å²) in [6.45, 7) is -0.176. The highest BCUT2D eigenvalue weighted by Gasteiger charge is 2.25. The SMILES string of the molecule is O=C(OCc1nnc(-c2ccc([N+](=O)[O-])cc2)o1)c1c2c(nc3ccccc13)CCC2. The highest BCUT2D eigenvalue weighted by Crippen LogP contribution is 2.30. The first kappa shape index (κ1) is 18.9. The maximum absolute atomic E-state index is 13.0. The molecule has 9 nitrogen and oxygen atoms in total. The fourth-order valence-electron chi connectivity index (χ4n) is 3.80. The normalized spacial score (nSPS) is 12.6. The molecule has 0 spiro atoms. The van der Waals surface area contributed by atoms with Crippen LogP contribution in [0.4, 0.5) is 5.69 Å². The maximum atomic E-state index is 13.0. The second kappa shape index (κ2) is 7.60. The Hall–Kier alpha value is -4.14. The van der Waals surface area contributed by atoms with Crippen molar-refractivity contribution in [3.63, 3.8) is 0 Å². The Morgan fingerprint density at radius 3 is 2.71 bits per heavy atom. The molecule has 154 valence electrons. The molecule has 4 aromatic rings. The third kappa shape index (κ3) is 3.50. The van der Waals surface area contributed by atoms with Gasteiger partial charge in [-0.05, 0) is 43.0 Å². The van der Waals surface area contributed by atoms with Crippen LogP contribution in [-0.2, 0) is 24.2 Å². The van der Waals surface area contributed by atoms with Crippen LogP contribution in [0, 0.1) is 10.1 Å². The summed E-state index contributed by atoms with van der Waals surface area (Å²) in [5.74, 6) is -0.125. The predicted octanol–water partition coefficient (Wildman–Crippen LogP) is 4.04. The second-order valence-electron chi connectivity index (χ2n) is 7.16. The van der Waals surface area contributed by atoms with Gasteiger partial charge in [0, 0.05) is 28.8 Å². The number of aromatic nitrogens is 3. The van der Waals surface area contributed by atoms with Crippen LogP contribution >= 0.6 is 0 Å². The minimum absolute atomic E-state index is 0.0328. The molecular formula is C22H16N4O5. The van der Waals surface area contributed by atoms with E-state index >= 15 is 0 Å². The number of benzene rings is 2. The summed E-state index contributed by atoms with van der Waals surface area (Å²) in [5, 5.41) is 19.4. The number of carbonyl (C=O) groups excluding carboxylic acids is 1. The summed E-state index contributed by atoms with van der Waals surface area (Å²) in [5.41, 5.74) is 3.72. The van der Waals surface area contributed by atoms with Gasteiger partial charge < -0.3 is 9.15 Å². The lowest BCUT2D eigenvalue weighted by molar-refractivity contribution is -0.384. The van der Waals surface area contributed by atoms with Gasteiger partial charge in [0.1, 0.15) is 0 Å². The summed E-state index contributed by atoms with van der Waals surface area (Å²) >= 11 is 0. The fourth-order valence-corrected chi connectivity index (χ4v) is 3.80. The number of para-hydroxylation sites is 1. The lowest BCUT2D eigenvalue weighted by Gasteiger charge is -2.11. The Bertz CT molecular complexity index is 1310. The lowest BCUT2D eigenvalue weighted by atomic mass is 10.0. The van der Waals surface area contributed by atoms with E-state index in [0.717, 1.165) is 41.4 Å². The van der Waals surface area contributed by atoms with Gasteiger partial charge in [0.25, 0.3) is 11.6 Å². The number of carbonyl (C=O) groups is 1. The van der Waals surface area contributed by atoms with E-state index in [1.165, 1.54) is 24.3 Å². The Kier molecular flexibility index (Phi) is 4.62. The third-order valence-electron chi connectivity index (χ3n) is 5.24. The summed E-state index contributed by atoms with van der Waals surface area (Å²) in [6.07, 6.45) is 2.60. The average molecular weight is 416 g/mol. The Balaban J connectivity index is 1.36. The van der Waals surface area contributed by atoms with Crippen molar-refractivity contribution < 1.29 is 18.9 Å². The molecule has 2 heterocycles. The first-order valence-corrected chi connectivity index (χ1v) is 9.75. The average Bonchev–Trinajstić information content (AvgIpc) is 3.45. The molecule has 0 unspecified atom stereocenters. The molecule has 0 N–H and O–H groups in total. The summed E-state index contributed by atoms with van der Waals surface area (Å²) in [7, 11) is 0. The van der Waals surface area contributed by atoms with Gasteiger partial charge in [-0.2, -0.15) is 0 Å². The zero-order chi connectivity index (χ0) is 21.4. The van der Waals surface area contributed by atoms with Gasteiger partial charge in [-0.1, -0.05) is 18.2 Å². The molecule has 0 saturated heterocycles. The van der Waals surface area contributed by atoms with Crippen LogP contribution in [0.25, 0.3) is 22.4 Å². The number of esters is 1. The van der Waals surface area contributed by atoms with Gasteiger partial charge in [-0.25, -0.2) is 4.79 Å². The number of rotatable bonds is 5. The number of nitrogens with zero attached hydrogens (tertiary/aromatic N) is 4. The molecule has 0 atom stereocenters. The molecule has 0 fully saturated rings. The van der Waals surface area contributed by atoms with Crippen molar-refractivity contribution in [2.45, 2.75) is 25.9 Å². The maximum Gasteiger partial charge on any atom is 0.339 e. The Morgan fingerprint density at radius 2 is 1.90 bits per heavy atom. The van der Waals surface area contributed by atoms with E-state index in [9.17, 15) is 14.9 Å². The van der Waals surface area contributed by atoms with Crippen molar-refractivity contribution in [2.75, 3.05) is 0 Å². The number of aryl methyl sites for hydroxylation is 1. The lowest BCUT2D eigenvalue weighted by Crippen LogP contribution is -2.10. The van der Waals surface area contributed by atoms with Gasteiger partial charge in [0.05, 0.1) is 16.0 Å². The van der Waals surface area contributed by atoms with Crippen LogP contribution in [0.3, 0.4) is 0 Å². The summed E-state index contributed by atoms with van der Waals surface area (Å²) < 4.78 is 11.0. The van der Waals surface area contributed by atoms with Crippen LogP contribution < -0.4 is 0 Å². The number of nitro benzene ring substituents is 1. The molecule has 0 bridgehead atoms. The van der Waals surface area contributed by atoms with Crippen molar-refractivity contribution in [2.24, 2.45) is 0 Å². The van der Waals surface area contributed by atoms with E-state index in [1.54, 1.807) is 0 Å². The van der Waals surface area contributed by atoms with Gasteiger partial charge in [-0.3, -0.25) is 15.1 Å². The molecule has 0 saturated carbocycles. The van der Waals surface area contributed by atoms with Crippen molar-refractivity contribution in [3.8, 4) is 11.5 Å². The second-order valence-corrected chi connectivity index (χ2v) is 7.16. The molecule has 0 aliphatic heterocycles. The standard InChI is InChI=1S/C22H16N4O5/c27-22(20-15-4-1-2-6-17(15)23-18-7-3-5-16(18)20)30-12-19-24-25-21(31-19)13-8-10-14(11-9-13)26(28)29/h1-2,4,6,8-11H,3,5,7,12H2. The molecule has 0 radical (unpaired) electrons. The summed E-state index contributed by atoms with van der Waals surface area (Å²) in [6, 6.07) is 13.3. The minimum atomic E-state index is -0.484. The largest absolute Gasteiger partial charge is 0.452 e. The number of pyridine rings is 1. The zero-order valence-corrected chi connectivity index (χ0v) is 16.3. The van der Waals surface area contributed by atoms with Crippen LogP contribution in [0.1, 0.15) is 33.9 Å². The highest BCUT2D eigenvalue weighted by atomic mass is 16.6. The minimum Gasteiger partial charge on any atom is -0.452 e. The van der Waals surface area contributed by atoms with E-state index in [2.05, 4.69) is 15.2 Å². The smallest absolute Gasteiger partial charge is 0.339 e. The Labute approximate surface area is 175 Å². The van der Waals surface area contributed by atoms with E-state index in [-0.39, 0.29) is 24.1 Å². The quantitative estimate of drug-likeness (QED) is 0.271. The van der Waals surface area contributed by atoms with Crippen LogP contribution in [0.2, 0.25) is 0 Å².